The molecule has 2 aromatic carbocycles. The van der Waals surface area contributed by atoms with Crippen LogP contribution in [0, 0.1) is 6.92 Å². The second-order valence-corrected chi connectivity index (χ2v) is 5.38. The number of rotatable bonds is 5. The standard InChI is InChI=1S/C19H19N3O3/c1-4-25-17-10-9-14(11-18(17)24-3)12-20-22-13(2)21-16-8-6-5-7-15(16)19(22)23/h5-12H,4H2,1-3H3/b20-12-. The van der Waals surface area contributed by atoms with Crippen LogP contribution in [0.5, 0.6) is 11.5 Å². The highest BCUT2D eigenvalue weighted by molar-refractivity contribution is 5.81. The van der Waals surface area contributed by atoms with Crippen molar-refractivity contribution < 1.29 is 9.47 Å². The van der Waals surface area contributed by atoms with E-state index < -0.39 is 0 Å². The molecule has 0 saturated carbocycles. The van der Waals surface area contributed by atoms with Gasteiger partial charge in [-0.05, 0) is 49.7 Å². The van der Waals surface area contributed by atoms with E-state index in [1.807, 2.05) is 43.3 Å². The average molecular weight is 337 g/mol. The molecule has 0 unspecified atom stereocenters. The Labute approximate surface area is 145 Å². The van der Waals surface area contributed by atoms with Gasteiger partial charge in [0.2, 0.25) is 0 Å². The summed E-state index contributed by atoms with van der Waals surface area (Å²) in [5, 5.41) is 4.83. The largest absolute Gasteiger partial charge is 0.493 e. The van der Waals surface area contributed by atoms with E-state index in [1.165, 1.54) is 4.68 Å². The Bertz CT molecular complexity index is 993. The van der Waals surface area contributed by atoms with Gasteiger partial charge in [-0.2, -0.15) is 9.78 Å². The molecule has 0 N–H and O–H groups in total. The third kappa shape index (κ3) is 3.38. The van der Waals surface area contributed by atoms with E-state index in [4.69, 9.17) is 9.47 Å². The summed E-state index contributed by atoms with van der Waals surface area (Å²) in [7, 11) is 1.58. The number of ether oxygens (including phenoxy) is 2. The molecule has 6 nitrogen and oxygen atoms in total. The first-order valence-corrected chi connectivity index (χ1v) is 7.97. The van der Waals surface area contributed by atoms with Crippen LogP contribution in [0.25, 0.3) is 10.9 Å². The van der Waals surface area contributed by atoms with Gasteiger partial charge < -0.3 is 9.47 Å². The molecule has 0 aliphatic heterocycles. The summed E-state index contributed by atoms with van der Waals surface area (Å²) in [6.45, 7) is 4.22. The van der Waals surface area contributed by atoms with Crippen molar-refractivity contribution >= 4 is 17.1 Å². The smallest absolute Gasteiger partial charge is 0.282 e. The fourth-order valence-corrected chi connectivity index (χ4v) is 2.53. The molecule has 3 rings (SSSR count). The van der Waals surface area contributed by atoms with E-state index >= 15 is 0 Å². The first-order chi connectivity index (χ1) is 12.1. The Morgan fingerprint density at radius 2 is 2.00 bits per heavy atom. The van der Waals surface area contributed by atoms with Gasteiger partial charge >= 0.3 is 0 Å². The molecule has 0 radical (unpaired) electrons. The molecule has 0 amide bonds. The van der Waals surface area contributed by atoms with Crippen LogP contribution in [-0.2, 0) is 0 Å². The maximum atomic E-state index is 12.6. The first kappa shape index (κ1) is 16.7. The maximum Gasteiger partial charge on any atom is 0.282 e. The van der Waals surface area contributed by atoms with E-state index in [1.54, 1.807) is 26.3 Å². The Morgan fingerprint density at radius 3 is 2.76 bits per heavy atom. The van der Waals surface area contributed by atoms with Crippen LogP contribution in [0.4, 0.5) is 0 Å². The van der Waals surface area contributed by atoms with E-state index in [0.717, 1.165) is 5.56 Å². The molecular weight excluding hydrogens is 318 g/mol. The van der Waals surface area contributed by atoms with Crippen LogP contribution in [0.15, 0.2) is 52.4 Å². The highest BCUT2D eigenvalue weighted by Gasteiger charge is 2.07. The zero-order valence-electron chi connectivity index (χ0n) is 14.4. The minimum absolute atomic E-state index is 0.197. The summed E-state index contributed by atoms with van der Waals surface area (Å²) < 4.78 is 12.1. The topological polar surface area (TPSA) is 65.7 Å². The average Bonchev–Trinajstić information content (AvgIpc) is 2.62. The lowest BCUT2D eigenvalue weighted by molar-refractivity contribution is 0.311. The molecule has 1 heterocycles. The normalized spacial score (nSPS) is 11.2. The van der Waals surface area contributed by atoms with Crippen molar-refractivity contribution in [3.05, 3.63) is 64.2 Å². The van der Waals surface area contributed by atoms with Crippen LogP contribution in [0.2, 0.25) is 0 Å². The van der Waals surface area contributed by atoms with Gasteiger partial charge in [0.25, 0.3) is 5.56 Å². The van der Waals surface area contributed by atoms with Gasteiger partial charge in [-0.15, -0.1) is 0 Å². The first-order valence-electron chi connectivity index (χ1n) is 7.97. The number of para-hydroxylation sites is 1. The number of nitrogens with zero attached hydrogens (tertiary/aromatic N) is 3. The molecule has 0 saturated heterocycles. The molecule has 0 aliphatic carbocycles. The molecule has 25 heavy (non-hydrogen) atoms. The van der Waals surface area contributed by atoms with Crippen molar-refractivity contribution in [2.45, 2.75) is 13.8 Å². The van der Waals surface area contributed by atoms with Gasteiger partial charge in [0.15, 0.2) is 11.5 Å². The van der Waals surface area contributed by atoms with E-state index in [-0.39, 0.29) is 5.56 Å². The second-order valence-electron chi connectivity index (χ2n) is 5.38. The van der Waals surface area contributed by atoms with Crippen molar-refractivity contribution in [2.75, 3.05) is 13.7 Å². The van der Waals surface area contributed by atoms with Crippen molar-refractivity contribution in [1.82, 2.24) is 9.66 Å². The number of benzene rings is 2. The molecule has 6 heteroatoms. The number of methoxy groups -OCH3 is 1. The SMILES string of the molecule is CCOc1ccc(/C=N\n2c(C)nc3ccccc3c2=O)cc1OC. The van der Waals surface area contributed by atoms with Gasteiger partial charge in [-0.25, -0.2) is 4.98 Å². The lowest BCUT2D eigenvalue weighted by Crippen LogP contribution is -2.20. The van der Waals surface area contributed by atoms with Crippen LogP contribution >= 0.6 is 0 Å². The van der Waals surface area contributed by atoms with Gasteiger partial charge in [0.05, 0.1) is 30.8 Å². The van der Waals surface area contributed by atoms with E-state index in [0.29, 0.717) is 34.8 Å². The molecule has 1 aromatic heterocycles. The molecule has 0 spiro atoms. The lowest BCUT2D eigenvalue weighted by Gasteiger charge is -2.09. The highest BCUT2D eigenvalue weighted by atomic mass is 16.5. The van der Waals surface area contributed by atoms with Crippen LogP contribution in [0.3, 0.4) is 0 Å². The fourth-order valence-electron chi connectivity index (χ4n) is 2.53. The Morgan fingerprint density at radius 1 is 1.20 bits per heavy atom. The summed E-state index contributed by atoms with van der Waals surface area (Å²) in [6.07, 6.45) is 1.60. The lowest BCUT2D eigenvalue weighted by atomic mass is 10.2. The quantitative estimate of drug-likeness (QED) is 0.671. The molecule has 0 fully saturated rings. The van der Waals surface area contributed by atoms with E-state index in [2.05, 4.69) is 10.1 Å². The number of aryl methyl sites for hydroxylation is 1. The minimum atomic E-state index is -0.197. The molecule has 128 valence electrons. The zero-order valence-corrected chi connectivity index (χ0v) is 14.4. The third-order valence-corrected chi connectivity index (χ3v) is 3.73. The summed E-state index contributed by atoms with van der Waals surface area (Å²) in [5.41, 5.74) is 1.26. The van der Waals surface area contributed by atoms with Gasteiger partial charge in [-0.3, -0.25) is 4.79 Å². The van der Waals surface area contributed by atoms with Crippen LogP contribution in [-0.4, -0.2) is 29.6 Å². The van der Waals surface area contributed by atoms with Crippen molar-refractivity contribution in [3.8, 4) is 11.5 Å². The monoisotopic (exact) mass is 337 g/mol. The fraction of sp³-hybridized carbons (Fsp3) is 0.211. The number of aromatic nitrogens is 2. The molecule has 0 aliphatic rings. The number of fused-ring (bicyclic) bond motifs is 1. The van der Waals surface area contributed by atoms with Crippen LogP contribution < -0.4 is 15.0 Å². The predicted octanol–water partition coefficient (Wildman–Crippen LogP) is 2.99. The predicted molar refractivity (Wildman–Crippen MR) is 97.9 cm³/mol. The van der Waals surface area contributed by atoms with Crippen molar-refractivity contribution in [3.63, 3.8) is 0 Å². The second kappa shape index (κ2) is 7.17. The van der Waals surface area contributed by atoms with Crippen molar-refractivity contribution in [1.29, 1.82) is 0 Å². The Kier molecular flexibility index (Phi) is 4.79. The number of hydrogen-bond acceptors (Lipinski definition) is 5. The van der Waals surface area contributed by atoms with Gasteiger partial charge in [-0.1, -0.05) is 12.1 Å². The van der Waals surface area contributed by atoms with Crippen molar-refractivity contribution in [2.24, 2.45) is 5.10 Å². The third-order valence-electron chi connectivity index (χ3n) is 3.73. The van der Waals surface area contributed by atoms with Crippen LogP contribution in [0.1, 0.15) is 18.3 Å². The Balaban J connectivity index is 2.00. The summed E-state index contributed by atoms with van der Waals surface area (Å²) in [6, 6.07) is 12.7. The minimum Gasteiger partial charge on any atom is -0.493 e. The summed E-state index contributed by atoms with van der Waals surface area (Å²) >= 11 is 0. The molecular formula is C19H19N3O3. The van der Waals surface area contributed by atoms with E-state index in [9.17, 15) is 4.79 Å². The summed E-state index contributed by atoms with van der Waals surface area (Å²) in [5.74, 6) is 1.81. The maximum absolute atomic E-state index is 12.6. The molecule has 0 bridgehead atoms. The number of hydrogen-bond donors (Lipinski definition) is 0. The molecule has 3 aromatic rings. The highest BCUT2D eigenvalue weighted by Crippen LogP contribution is 2.27. The summed E-state index contributed by atoms with van der Waals surface area (Å²) in [4.78, 5) is 17.0. The Hall–Kier alpha value is -3.15. The van der Waals surface area contributed by atoms with Gasteiger partial charge in [0, 0.05) is 0 Å². The molecule has 0 atom stereocenters. The zero-order chi connectivity index (χ0) is 17.8. The van der Waals surface area contributed by atoms with Gasteiger partial charge in [0.1, 0.15) is 5.82 Å².